The number of nitrogens with two attached hydrogens (primary N) is 1. The number of hydrogen-bond donors (Lipinski definition) is 1. The molecule has 94 valence electrons. The lowest BCUT2D eigenvalue weighted by Gasteiger charge is -2.21. The van der Waals surface area contributed by atoms with Gasteiger partial charge in [-0.2, -0.15) is 0 Å². The van der Waals surface area contributed by atoms with Crippen molar-refractivity contribution < 1.29 is 4.39 Å². The maximum atomic E-state index is 13.8. The molecule has 0 amide bonds. The van der Waals surface area contributed by atoms with E-state index in [9.17, 15) is 4.39 Å². The minimum absolute atomic E-state index is 0.291. The molecule has 1 aromatic carbocycles. The lowest BCUT2D eigenvalue weighted by atomic mass is 10.3. The molecular weight excluding hydrogens is 231 g/mol. The Balaban J connectivity index is 2.42. The Hall–Kier alpha value is -2.01. The van der Waals surface area contributed by atoms with E-state index in [4.69, 9.17) is 5.73 Å². The molecular formula is C13H15FN4. The third kappa shape index (κ3) is 2.46. The highest BCUT2D eigenvalue weighted by Gasteiger charge is 2.13. The molecule has 1 aromatic heterocycles. The quantitative estimate of drug-likeness (QED) is 0.898. The Morgan fingerprint density at radius 1 is 1.28 bits per heavy atom. The van der Waals surface area contributed by atoms with Gasteiger partial charge in [-0.25, -0.2) is 14.4 Å². The molecule has 2 aromatic rings. The number of para-hydroxylation sites is 1. The second-order valence-electron chi connectivity index (χ2n) is 3.75. The summed E-state index contributed by atoms with van der Waals surface area (Å²) in [4.78, 5) is 10.2. The van der Waals surface area contributed by atoms with Gasteiger partial charge >= 0.3 is 0 Å². The lowest BCUT2D eigenvalue weighted by molar-refractivity contribution is 0.624. The maximum Gasteiger partial charge on any atom is 0.230 e. The molecule has 0 fully saturated rings. The van der Waals surface area contributed by atoms with Gasteiger partial charge in [0.05, 0.1) is 11.4 Å². The average Bonchev–Trinajstić information content (AvgIpc) is 2.42. The molecule has 0 unspecified atom stereocenters. The van der Waals surface area contributed by atoms with Crippen molar-refractivity contribution in [3.8, 4) is 0 Å². The zero-order valence-corrected chi connectivity index (χ0v) is 10.2. The van der Waals surface area contributed by atoms with E-state index in [1.54, 1.807) is 35.4 Å². The van der Waals surface area contributed by atoms with Gasteiger partial charge in [0.15, 0.2) is 0 Å². The van der Waals surface area contributed by atoms with Gasteiger partial charge in [0.1, 0.15) is 5.82 Å². The SMILES string of the molecule is CCN(c1nccc(CN)n1)c1ccccc1F. The predicted octanol–water partition coefficient (Wildman–Crippen LogP) is 2.23. The van der Waals surface area contributed by atoms with Gasteiger partial charge in [-0.3, -0.25) is 0 Å². The topological polar surface area (TPSA) is 55.0 Å². The molecule has 0 bridgehead atoms. The monoisotopic (exact) mass is 246 g/mol. The molecule has 0 aliphatic carbocycles. The first-order chi connectivity index (χ1) is 8.76. The Morgan fingerprint density at radius 2 is 2.06 bits per heavy atom. The van der Waals surface area contributed by atoms with E-state index >= 15 is 0 Å². The number of anilines is 2. The first kappa shape index (κ1) is 12.4. The zero-order chi connectivity index (χ0) is 13.0. The van der Waals surface area contributed by atoms with Crippen molar-refractivity contribution in [3.63, 3.8) is 0 Å². The van der Waals surface area contributed by atoms with Crippen LogP contribution in [0.3, 0.4) is 0 Å². The fraction of sp³-hybridized carbons (Fsp3) is 0.231. The Morgan fingerprint density at radius 3 is 2.72 bits per heavy atom. The largest absolute Gasteiger partial charge is 0.325 e. The summed E-state index contributed by atoms with van der Waals surface area (Å²) in [5.41, 5.74) is 6.74. The number of halogens is 1. The molecule has 2 N–H and O–H groups in total. The molecule has 4 nitrogen and oxygen atoms in total. The van der Waals surface area contributed by atoms with Crippen molar-refractivity contribution >= 4 is 11.6 Å². The minimum Gasteiger partial charge on any atom is -0.325 e. The highest BCUT2D eigenvalue weighted by atomic mass is 19.1. The summed E-state index contributed by atoms with van der Waals surface area (Å²) in [5, 5.41) is 0. The molecule has 0 saturated heterocycles. The molecule has 0 radical (unpaired) electrons. The van der Waals surface area contributed by atoms with Crippen LogP contribution >= 0.6 is 0 Å². The van der Waals surface area contributed by atoms with Gasteiger partial charge in [-0.05, 0) is 25.1 Å². The molecule has 0 atom stereocenters. The first-order valence-corrected chi connectivity index (χ1v) is 5.80. The lowest BCUT2D eigenvalue weighted by Crippen LogP contribution is -2.20. The van der Waals surface area contributed by atoms with Crippen LogP contribution in [0, 0.1) is 5.82 Å². The second-order valence-corrected chi connectivity index (χ2v) is 3.75. The summed E-state index contributed by atoms with van der Waals surface area (Å²) in [7, 11) is 0. The van der Waals surface area contributed by atoms with Crippen LogP contribution in [0.15, 0.2) is 36.5 Å². The van der Waals surface area contributed by atoms with Crippen molar-refractivity contribution in [2.75, 3.05) is 11.4 Å². The molecule has 18 heavy (non-hydrogen) atoms. The van der Waals surface area contributed by atoms with Crippen molar-refractivity contribution in [2.24, 2.45) is 5.73 Å². The number of nitrogens with zero attached hydrogens (tertiary/aromatic N) is 3. The van der Waals surface area contributed by atoms with E-state index in [1.165, 1.54) is 6.07 Å². The predicted molar refractivity (Wildman–Crippen MR) is 69.0 cm³/mol. The molecule has 5 heteroatoms. The van der Waals surface area contributed by atoms with Crippen molar-refractivity contribution in [2.45, 2.75) is 13.5 Å². The van der Waals surface area contributed by atoms with Crippen LogP contribution in [-0.2, 0) is 6.54 Å². The summed E-state index contributed by atoms with van der Waals surface area (Å²) in [6.45, 7) is 2.84. The first-order valence-electron chi connectivity index (χ1n) is 5.80. The highest BCUT2D eigenvalue weighted by molar-refractivity contribution is 5.57. The summed E-state index contributed by atoms with van der Waals surface area (Å²) < 4.78 is 13.8. The second kappa shape index (κ2) is 5.55. The van der Waals surface area contributed by atoms with Gasteiger partial charge < -0.3 is 10.6 Å². The van der Waals surface area contributed by atoms with E-state index in [2.05, 4.69) is 9.97 Å². The number of hydrogen-bond acceptors (Lipinski definition) is 4. The number of aromatic nitrogens is 2. The normalized spacial score (nSPS) is 10.4. The zero-order valence-electron chi connectivity index (χ0n) is 10.2. The third-order valence-corrected chi connectivity index (χ3v) is 2.61. The van der Waals surface area contributed by atoms with Crippen LogP contribution in [0.5, 0.6) is 0 Å². The smallest absolute Gasteiger partial charge is 0.230 e. The summed E-state index contributed by atoms with van der Waals surface area (Å²) in [6, 6.07) is 8.32. The molecule has 2 rings (SSSR count). The summed E-state index contributed by atoms with van der Waals surface area (Å²) in [6.07, 6.45) is 1.63. The van der Waals surface area contributed by atoms with E-state index in [0.717, 1.165) is 5.69 Å². The number of benzene rings is 1. The van der Waals surface area contributed by atoms with E-state index in [0.29, 0.717) is 24.7 Å². The van der Waals surface area contributed by atoms with Crippen LogP contribution in [0.1, 0.15) is 12.6 Å². The van der Waals surface area contributed by atoms with Gasteiger partial charge in [-0.1, -0.05) is 12.1 Å². The maximum absolute atomic E-state index is 13.8. The van der Waals surface area contributed by atoms with Crippen molar-refractivity contribution in [3.05, 3.63) is 48.0 Å². The van der Waals surface area contributed by atoms with Crippen LogP contribution < -0.4 is 10.6 Å². The van der Waals surface area contributed by atoms with Gasteiger partial charge in [0.2, 0.25) is 5.95 Å². The highest BCUT2D eigenvalue weighted by Crippen LogP contribution is 2.24. The summed E-state index contributed by atoms with van der Waals surface area (Å²) >= 11 is 0. The molecule has 0 aliphatic rings. The number of rotatable bonds is 4. The van der Waals surface area contributed by atoms with Crippen LogP contribution in [0.25, 0.3) is 0 Å². The Kier molecular flexibility index (Phi) is 3.84. The third-order valence-electron chi connectivity index (χ3n) is 2.61. The van der Waals surface area contributed by atoms with Crippen molar-refractivity contribution in [1.82, 2.24) is 9.97 Å². The van der Waals surface area contributed by atoms with Gasteiger partial charge in [0.25, 0.3) is 0 Å². The van der Waals surface area contributed by atoms with Crippen molar-refractivity contribution in [1.29, 1.82) is 0 Å². The Bertz CT molecular complexity index is 530. The molecule has 0 spiro atoms. The van der Waals surface area contributed by atoms with Crippen LogP contribution in [0.2, 0.25) is 0 Å². The standard InChI is InChI=1S/C13H15FN4/c1-2-18(12-6-4-3-5-11(12)14)13-16-8-7-10(9-15)17-13/h3-8H,2,9,15H2,1H3. The average molecular weight is 246 g/mol. The fourth-order valence-electron chi connectivity index (χ4n) is 1.72. The fourth-order valence-corrected chi connectivity index (χ4v) is 1.72. The minimum atomic E-state index is -0.291. The van der Waals surface area contributed by atoms with Gasteiger partial charge in [-0.15, -0.1) is 0 Å². The Labute approximate surface area is 105 Å². The van der Waals surface area contributed by atoms with E-state index < -0.39 is 0 Å². The molecule has 1 heterocycles. The molecule has 0 saturated carbocycles. The van der Waals surface area contributed by atoms with Gasteiger partial charge in [0, 0.05) is 19.3 Å². The summed E-state index contributed by atoms with van der Waals surface area (Å²) in [5.74, 6) is 0.173. The molecule has 0 aliphatic heterocycles. The van der Waals surface area contributed by atoms with Crippen LogP contribution in [0.4, 0.5) is 16.0 Å². The van der Waals surface area contributed by atoms with E-state index in [-0.39, 0.29) is 5.82 Å². The van der Waals surface area contributed by atoms with Crippen LogP contribution in [-0.4, -0.2) is 16.5 Å². The van der Waals surface area contributed by atoms with E-state index in [1.807, 2.05) is 6.92 Å².